The Morgan fingerprint density at radius 1 is 0.857 bits per heavy atom. The van der Waals surface area contributed by atoms with Gasteiger partial charge in [0.25, 0.3) is 0 Å². The lowest BCUT2D eigenvalue weighted by Gasteiger charge is -2.21. The molecule has 2 aromatic carbocycles. The van der Waals surface area contributed by atoms with Gasteiger partial charge in [-0.3, -0.25) is 0 Å². The number of benzene rings is 2. The summed E-state index contributed by atoms with van der Waals surface area (Å²) in [4.78, 5) is 0. The SMILES string of the molecule is c1ccc2c(c1)-c1ccccc1C2NCC1(C2CC2)CC1. The molecule has 0 unspecified atom stereocenters. The molecule has 3 aliphatic rings. The second kappa shape index (κ2) is 4.20. The molecule has 2 saturated carbocycles. The van der Waals surface area contributed by atoms with Crippen LogP contribution in [0.15, 0.2) is 48.5 Å². The molecule has 0 heterocycles. The molecule has 1 nitrogen and oxygen atoms in total. The highest BCUT2D eigenvalue weighted by Crippen LogP contribution is 2.61. The third kappa shape index (κ3) is 1.80. The predicted molar refractivity (Wildman–Crippen MR) is 86.1 cm³/mol. The highest BCUT2D eigenvalue weighted by Gasteiger charge is 2.53. The summed E-state index contributed by atoms with van der Waals surface area (Å²) in [5, 5.41) is 3.92. The van der Waals surface area contributed by atoms with Crippen LogP contribution in [0, 0.1) is 11.3 Å². The van der Waals surface area contributed by atoms with E-state index >= 15 is 0 Å². The van der Waals surface area contributed by atoms with Gasteiger partial charge in [-0.05, 0) is 59.3 Å². The number of fused-ring (bicyclic) bond motifs is 3. The zero-order valence-electron chi connectivity index (χ0n) is 12.3. The van der Waals surface area contributed by atoms with Crippen molar-refractivity contribution >= 4 is 0 Å². The van der Waals surface area contributed by atoms with Crippen molar-refractivity contribution in [3.05, 3.63) is 59.7 Å². The van der Waals surface area contributed by atoms with Gasteiger partial charge in [-0.1, -0.05) is 48.5 Å². The summed E-state index contributed by atoms with van der Waals surface area (Å²) in [7, 11) is 0. The first-order valence-corrected chi connectivity index (χ1v) is 8.29. The predicted octanol–water partition coefficient (Wildman–Crippen LogP) is 4.54. The van der Waals surface area contributed by atoms with E-state index in [1.54, 1.807) is 0 Å². The average Bonchev–Trinajstić information content (AvgIpc) is 3.42. The topological polar surface area (TPSA) is 12.0 Å². The fourth-order valence-electron chi connectivity index (χ4n) is 4.27. The van der Waals surface area contributed by atoms with Gasteiger partial charge in [0.2, 0.25) is 0 Å². The Balaban J connectivity index is 1.48. The molecule has 0 bridgehead atoms. The summed E-state index contributed by atoms with van der Waals surface area (Å²) < 4.78 is 0. The maximum Gasteiger partial charge on any atom is 0.0589 e. The second-order valence-electron chi connectivity index (χ2n) is 7.13. The molecule has 1 heteroatoms. The Bertz CT molecular complexity index is 649. The van der Waals surface area contributed by atoms with Gasteiger partial charge in [-0.25, -0.2) is 0 Å². The van der Waals surface area contributed by atoms with E-state index < -0.39 is 0 Å². The van der Waals surface area contributed by atoms with Crippen molar-refractivity contribution in [3.8, 4) is 11.1 Å². The molecular formula is C20H21N. The lowest BCUT2D eigenvalue weighted by molar-refractivity contribution is 0.390. The van der Waals surface area contributed by atoms with E-state index in [0.717, 1.165) is 5.92 Å². The van der Waals surface area contributed by atoms with Crippen molar-refractivity contribution in [2.45, 2.75) is 31.7 Å². The summed E-state index contributed by atoms with van der Waals surface area (Å²) in [6, 6.07) is 18.2. The molecule has 0 saturated heterocycles. The zero-order valence-corrected chi connectivity index (χ0v) is 12.3. The van der Waals surface area contributed by atoms with Gasteiger partial charge in [0.1, 0.15) is 0 Å². The van der Waals surface area contributed by atoms with Crippen LogP contribution in [0.5, 0.6) is 0 Å². The van der Waals surface area contributed by atoms with Crippen molar-refractivity contribution in [2.24, 2.45) is 11.3 Å². The minimum absolute atomic E-state index is 0.397. The Hall–Kier alpha value is -1.60. The molecule has 21 heavy (non-hydrogen) atoms. The third-order valence-electron chi connectivity index (χ3n) is 5.83. The van der Waals surface area contributed by atoms with Crippen LogP contribution in [0.3, 0.4) is 0 Å². The van der Waals surface area contributed by atoms with Gasteiger partial charge in [0.15, 0.2) is 0 Å². The van der Waals surface area contributed by atoms with Crippen LogP contribution in [0.25, 0.3) is 11.1 Å². The van der Waals surface area contributed by atoms with Gasteiger partial charge in [0.05, 0.1) is 6.04 Å². The Kier molecular flexibility index (Phi) is 2.40. The maximum atomic E-state index is 3.92. The van der Waals surface area contributed by atoms with E-state index in [-0.39, 0.29) is 0 Å². The molecule has 106 valence electrons. The van der Waals surface area contributed by atoms with Crippen molar-refractivity contribution in [2.75, 3.05) is 6.54 Å². The number of nitrogens with one attached hydrogen (secondary N) is 1. The average molecular weight is 275 g/mol. The van der Waals surface area contributed by atoms with Crippen LogP contribution in [0.2, 0.25) is 0 Å². The molecule has 1 N–H and O–H groups in total. The van der Waals surface area contributed by atoms with E-state index in [1.807, 2.05) is 0 Å². The van der Waals surface area contributed by atoms with Gasteiger partial charge in [-0.2, -0.15) is 0 Å². The standard InChI is InChI=1S/C20H21N/c1-3-7-17-15(5-1)16-6-2-4-8-18(16)19(17)21-13-20(11-12-20)14-9-10-14/h1-8,14,19,21H,9-13H2. The normalized spacial score (nSPS) is 21.9. The largest absolute Gasteiger partial charge is 0.306 e. The summed E-state index contributed by atoms with van der Waals surface area (Å²) in [5.41, 5.74) is 6.42. The lowest BCUT2D eigenvalue weighted by atomic mass is 9.98. The molecule has 0 aromatic heterocycles. The van der Waals surface area contributed by atoms with Crippen molar-refractivity contribution in [3.63, 3.8) is 0 Å². The molecule has 0 atom stereocenters. The highest BCUT2D eigenvalue weighted by molar-refractivity contribution is 5.78. The number of rotatable bonds is 4. The summed E-state index contributed by atoms with van der Waals surface area (Å²) in [6.45, 7) is 1.20. The minimum Gasteiger partial charge on any atom is -0.306 e. The molecular weight excluding hydrogens is 254 g/mol. The lowest BCUT2D eigenvalue weighted by Crippen LogP contribution is -2.29. The number of hydrogen-bond donors (Lipinski definition) is 1. The quantitative estimate of drug-likeness (QED) is 0.864. The monoisotopic (exact) mass is 275 g/mol. The Morgan fingerprint density at radius 2 is 1.43 bits per heavy atom. The summed E-state index contributed by atoms with van der Waals surface area (Å²) >= 11 is 0. The van der Waals surface area contributed by atoms with Gasteiger partial charge < -0.3 is 5.32 Å². The molecule has 2 aromatic rings. The molecule has 3 aliphatic carbocycles. The summed E-state index contributed by atoms with van der Waals surface area (Å²) in [5.74, 6) is 1.02. The summed E-state index contributed by atoms with van der Waals surface area (Å²) in [6.07, 6.45) is 5.83. The highest BCUT2D eigenvalue weighted by atomic mass is 15.0. The van der Waals surface area contributed by atoms with Crippen molar-refractivity contribution < 1.29 is 0 Å². The van der Waals surface area contributed by atoms with Gasteiger partial charge in [-0.15, -0.1) is 0 Å². The molecule has 2 fully saturated rings. The van der Waals surface area contributed by atoms with Crippen LogP contribution in [-0.2, 0) is 0 Å². The van der Waals surface area contributed by atoms with Crippen molar-refractivity contribution in [1.29, 1.82) is 0 Å². The van der Waals surface area contributed by atoms with E-state index in [9.17, 15) is 0 Å². The van der Waals surface area contributed by atoms with E-state index in [2.05, 4.69) is 53.8 Å². The maximum absolute atomic E-state index is 3.92. The van der Waals surface area contributed by atoms with Crippen molar-refractivity contribution in [1.82, 2.24) is 5.32 Å². The van der Waals surface area contributed by atoms with Gasteiger partial charge in [0, 0.05) is 6.54 Å². The zero-order chi connectivity index (χ0) is 13.9. The van der Waals surface area contributed by atoms with E-state index in [4.69, 9.17) is 0 Å². The van der Waals surface area contributed by atoms with Crippen LogP contribution >= 0.6 is 0 Å². The molecule has 0 amide bonds. The van der Waals surface area contributed by atoms with Crippen LogP contribution in [0.1, 0.15) is 42.9 Å². The first kappa shape index (κ1) is 12.0. The van der Waals surface area contributed by atoms with Gasteiger partial charge >= 0.3 is 0 Å². The first-order valence-electron chi connectivity index (χ1n) is 8.29. The van der Waals surface area contributed by atoms with Crippen LogP contribution in [0.4, 0.5) is 0 Å². The Morgan fingerprint density at radius 3 is 1.95 bits per heavy atom. The van der Waals surface area contributed by atoms with Crippen LogP contribution in [-0.4, -0.2) is 6.54 Å². The fraction of sp³-hybridized carbons (Fsp3) is 0.400. The first-order chi connectivity index (χ1) is 10.4. The minimum atomic E-state index is 0.397. The van der Waals surface area contributed by atoms with E-state index in [0.29, 0.717) is 11.5 Å². The molecule has 0 radical (unpaired) electrons. The Labute approximate surface area is 126 Å². The fourth-order valence-corrected chi connectivity index (χ4v) is 4.27. The third-order valence-corrected chi connectivity index (χ3v) is 5.83. The number of hydrogen-bond acceptors (Lipinski definition) is 1. The van der Waals surface area contributed by atoms with Crippen LogP contribution < -0.4 is 5.32 Å². The molecule has 0 aliphatic heterocycles. The second-order valence-corrected chi connectivity index (χ2v) is 7.13. The smallest absolute Gasteiger partial charge is 0.0589 e. The molecule has 5 rings (SSSR count). The molecule has 0 spiro atoms. The van der Waals surface area contributed by atoms with E-state index in [1.165, 1.54) is 54.5 Å².